The third-order valence-corrected chi connectivity index (χ3v) is 3.18. The molecule has 3 N–H and O–H groups in total. The number of hydrogen-bond donors (Lipinski definition) is 3. The molecule has 1 fully saturated rings. The van der Waals surface area contributed by atoms with E-state index in [2.05, 4.69) is 16.0 Å². The SMILES string of the molecule is CC(=O)Nc1ccc(CNC(=O)CNCC2CC2)cc1. The Hall–Kier alpha value is -1.88. The standard InChI is InChI=1S/C15H21N3O2/c1-11(19)18-14-6-4-13(5-7-14)9-17-15(20)10-16-8-12-2-3-12/h4-7,12,16H,2-3,8-10H2,1H3,(H,17,20)(H,18,19). The van der Waals surface area contributed by atoms with Crippen LogP contribution in [0.5, 0.6) is 0 Å². The molecule has 0 aromatic heterocycles. The van der Waals surface area contributed by atoms with Gasteiger partial charge in [-0.25, -0.2) is 0 Å². The monoisotopic (exact) mass is 275 g/mol. The van der Waals surface area contributed by atoms with E-state index in [0.717, 1.165) is 23.7 Å². The molecule has 1 aliphatic carbocycles. The molecule has 5 nitrogen and oxygen atoms in total. The molecule has 0 aliphatic heterocycles. The Morgan fingerprint density at radius 3 is 2.50 bits per heavy atom. The van der Waals surface area contributed by atoms with E-state index in [-0.39, 0.29) is 11.8 Å². The third kappa shape index (κ3) is 5.40. The average Bonchev–Trinajstić information content (AvgIpc) is 3.21. The van der Waals surface area contributed by atoms with Gasteiger partial charge in [0.25, 0.3) is 0 Å². The summed E-state index contributed by atoms with van der Waals surface area (Å²) in [5.41, 5.74) is 1.77. The molecule has 0 spiro atoms. The van der Waals surface area contributed by atoms with E-state index in [1.807, 2.05) is 24.3 Å². The summed E-state index contributed by atoms with van der Waals surface area (Å²) in [5, 5.41) is 8.72. The second kappa shape index (κ2) is 7.05. The van der Waals surface area contributed by atoms with Gasteiger partial charge in [-0.05, 0) is 43.0 Å². The molecular weight excluding hydrogens is 254 g/mol. The maximum Gasteiger partial charge on any atom is 0.234 e. The number of carbonyl (C=O) groups excluding carboxylic acids is 2. The lowest BCUT2D eigenvalue weighted by Crippen LogP contribution is -2.34. The second-order valence-electron chi connectivity index (χ2n) is 5.23. The van der Waals surface area contributed by atoms with Gasteiger partial charge in [0.15, 0.2) is 0 Å². The van der Waals surface area contributed by atoms with Crippen LogP contribution in [-0.4, -0.2) is 24.9 Å². The van der Waals surface area contributed by atoms with Crippen LogP contribution in [-0.2, 0) is 16.1 Å². The normalized spacial score (nSPS) is 13.8. The third-order valence-electron chi connectivity index (χ3n) is 3.18. The van der Waals surface area contributed by atoms with Gasteiger partial charge in [-0.2, -0.15) is 0 Å². The fourth-order valence-corrected chi connectivity index (χ4v) is 1.88. The van der Waals surface area contributed by atoms with Crippen LogP contribution < -0.4 is 16.0 Å². The Balaban J connectivity index is 1.66. The first-order valence-corrected chi connectivity index (χ1v) is 6.97. The largest absolute Gasteiger partial charge is 0.351 e. The smallest absolute Gasteiger partial charge is 0.234 e. The van der Waals surface area contributed by atoms with Gasteiger partial charge in [0.2, 0.25) is 11.8 Å². The average molecular weight is 275 g/mol. The van der Waals surface area contributed by atoms with Crippen molar-refractivity contribution >= 4 is 17.5 Å². The van der Waals surface area contributed by atoms with E-state index >= 15 is 0 Å². The molecule has 0 bridgehead atoms. The van der Waals surface area contributed by atoms with E-state index in [1.54, 1.807) is 0 Å². The number of nitrogens with one attached hydrogen (secondary N) is 3. The molecule has 0 atom stereocenters. The maximum atomic E-state index is 11.6. The summed E-state index contributed by atoms with van der Waals surface area (Å²) >= 11 is 0. The van der Waals surface area contributed by atoms with Crippen LogP contribution in [0.2, 0.25) is 0 Å². The van der Waals surface area contributed by atoms with Crippen molar-refractivity contribution in [2.75, 3.05) is 18.4 Å². The topological polar surface area (TPSA) is 70.2 Å². The molecule has 0 heterocycles. The second-order valence-corrected chi connectivity index (χ2v) is 5.23. The highest BCUT2D eigenvalue weighted by Gasteiger charge is 2.20. The number of carbonyl (C=O) groups is 2. The van der Waals surface area contributed by atoms with Crippen LogP contribution in [0.3, 0.4) is 0 Å². The highest BCUT2D eigenvalue weighted by molar-refractivity contribution is 5.88. The van der Waals surface area contributed by atoms with Crippen LogP contribution in [0.4, 0.5) is 5.69 Å². The molecule has 2 amide bonds. The van der Waals surface area contributed by atoms with Crippen LogP contribution in [0.25, 0.3) is 0 Å². The summed E-state index contributed by atoms with van der Waals surface area (Å²) in [6.45, 7) is 3.30. The highest BCUT2D eigenvalue weighted by Crippen LogP contribution is 2.27. The number of hydrogen-bond acceptors (Lipinski definition) is 3. The molecule has 0 radical (unpaired) electrons. The Kier molecular flexibility index (Phi) is 5.12. The molecule has 1 saturated carbocycles. The maximum absolute atomic E-state index is 11.6. The predicted octanol–water partition coefficient (Wildman–Crippen LogP) is 1.26. The highest BCUT2D eigenvalue weighted by atomic mass is 16.2. The lowest BCUT2D eigenvalue weighted by atomic mass is 10.2. The van der Waals surface area contributed by atoms with Crippen molar-refractivity contribution in [1.82, 2.24) is 10.6 Å². The van der Waals surface area contributed by atoms with Crippen molar-refractivity contribution in [3.63, 3.8) is 0 Å². The van der Waals surface area contributed by atoms with E-state index < -0.39 is 0 Å². The molecule has 1 aromatic carbocycles. The van der Waals surface area contributed by atoms with Gasteiger partial charge in [-0.15, -0.1) is 0 Å². The fourth-order valence-electron chi connectivity index (χ4n) is 1.88. The summed E-state index contributed by atoms with van der Waals surface area (Å²) in [4.78, 5) is 22.5. The van der Waals surface area contributed by atoms with Gasteiger partial charge in [0, 0.05) is 19.2 Å². The zero-order valence-corrected chi connectivity index (χ0v) is 11.7. The first-order chi connectivity index (χ1) is 9.63. The van der Waals surface area contributed by atoms with E-state index in [9.17, 15) is 9.59 Å². The van der Waals surface area contributed by atoms with Gasteiger partial charge in [-0.3, -0.25) is 9.59 Å². The van der Waals surface area contributed by atoms with Crippen molar-refractivity contribution in [2.24, 2.45) is 5.92 Å². The van der Waals surface area contributed by atoms with E-state index in [4.69, 9.17) is 0 Å². The van der Waals surface area contributed by atoms with Crippen LogP contribution in [0, 0.1) is 5.92 Å². The predicted molar refractivity (Wildman–Crippen MR) is 78.2 cm³/mol. The summed E-state index contributed by atoms with van der Waals surface area (Å²) < 4.78 is 0. The molecule has 20 heavy (non-hydrogen) atoms. The minimum atomic E-state index is -0.0900. The zero-order valence-electron chi connectivity index (χ0n) is 11.7. The minimum Gasteiger partial charge on any atom is -0.351 e. The Morgan fingerprint density at radius 1 is 1.20 bits per heavy atom. The summed E-state index contributed by atoms with van der Waals surface area (Å²) in [6.07, 6.45) is 2.57. The van der Waals surface area contributed by atoms with Gasteiger partial charge < -0.3 is 16.0 Å². The summed E-state index contributed by atoms with van der Waals surface area (Å²) in [5.74, 6) is 0.702. The Morgan fingerprint density at radius 2 is 1.90 bits per heavy atom. The van der Waals surface area contributed by atoms with Gasteiger partial charge in [0.05, 0.1) is 6.54 Å². The van der Waals surface area contributed by atoms with Crippen molar-refractivity contribution in [1.29, 1.82) is 0 Å². The molecule has 0 unspecified atom stereocenters. The van der Waals surface area contributed by atoms with Gasteiger partial charge in [0.1, 0.15) is 0 Å². The van der Waals surface area contributed by atoms with E-state index in [0.29, 0.717) is 13.1 Å². The van der Waals surface area contributed by atoms with Crippen molar-refractivity contribution in [3.8, 4) is 0 Å². The Labute approximate surface area is 119 Å². The quantitative estimate of drug-likeness (QED) is 0.701. The summed E-state index contributed by atoms with van der Waals surface area (Å²) in [7, 11) is 0. The first kappa shape index (κ1) is 14.5. The van der Waals surface area contributed by atoms with Gasteiger partial charge in [-0.1, -0.05) is 12.1 Å². The van der Waals surface area contributed by atoms with Crippen molar-refractivity contribution in [2.45, 2.75) is 26.3 Å². The molecule has 2 rings (SSSR count). The van der Waals surface area contributed by atoms with Crippen molar-refractivity contribution < 1.29 is 9.59 Å². The fraction of sp³-hybridized carbons (Fsp3) is 0.467. The molecule has 1 aliphatic rings. The van der Waals surface area contributed by atoms with E-state index in [1.165, 1.54) is 19.8 Å². The number of amides is 2. The molecule has 5 heteroatoms. The number of rotatable bonds is 7. The minimum absolute atomic E-state index is 0.0107. The van der Waals surface area contributed by atoms with Gasteiger partial charge >= 0.3 is 0 Å². The lowest BCUT2D eigenvalue weighted by Gasteiger charge is -2.07. The first-order valence-electron chi connectivity index (χ1n) is 6.97. The molecule has 1 aromatic rings. The van der Waals surface area contributed by atoms with Crippen LogP contribution >= 0.6 is 0 Å². The zero-order chi connectivity index (χ0) is 14.4. The van der Waals surface area contributed by atoms with Crippen molar-refractivity contribution in [3.05, 3.63) is 29.8 Å². The molecular formula is C15H21N3O2. The number of benzene rings is 1. The summed E-state index contributed by atoms with van der Waals surface area (Å²) in [6, 6.07) is 7.44. The lowest BCUT2D eigenvalue weighted by molar-refractivity contribution is -0.120. The van der Waals surface area contributed by atoms with Crippen LogP contribution in [0.15, 0.2) is 24.3 Å². The van der Waals surface area contributed by atoms with Crippen LogP contribution in [0.1, 0.15) is 25.3 Å². The Bertz CT molecular complexity index is 467. The molecule has 0 saturated heterocycles. The molecule has 108 valence electrons. The number of anilines is 1.